The first-order valence-electron chi connectivity index (χ1n) is 5.62. The van der Waals surface area contributed by atoms with Crippen LogP contribution < -0.4 is 5.56 Å². The summed E-state index contributed by atoms with van der Waals surface area (Å²) < 4.78 is 1.58. The fraction of sp³-hybridized carbons (Fsp3) is 0.500. The monoisotopic (exact) mass is 234 g/mol. The average Bonchev–Trinajstić information content (AvgIpc) is 2.61. The molecule has 0 bridgehead atoms. The van der Waals surface area contributed by atoms with Gasteiger partial charge in [-0.2, -0.15) is 0 Å². The summed E-state index contributed by atoms with van der Waals surface area (Å²) in [6.07, 6.45) is 4.96. The Labute approximate surface area is 97.7 Å². The molecule has 2 aromatic rings. The average molecular weight is 234 g/mol. The van der Waals surface area contributed by atoms with Crippen LogP contribution in [0.15, 0.2) is 11.1 Å². The summed E-state index contributed by atoms with van der Waals surface area (Å²) in [5.41, 5.74) is 1.38. The highest BCUT2D eigenvalue weighted by Gasteiger charge is 2.22. The maximum Gasteiger partial charge on any atom is 0.262 e. The van der Waals surface area contributed by atoms with Crippen LogP contribution in [0.1, 0.15) is 23.8 Å². The molecule has 1 aliphatic rings. The minimum absolute atomic E-state index is 0.108. The summed E-state index contributed by atoms with van der Waals surface area (Å²) >= 11 is 1.70. The Hall–Kier alpha value is -1.16. The summed E-state index contributed by atoms with van der Waals surface area (Å²) in [6, 6.07) is 0. The third-order valence-electron chi connectivity index (χ3n) is 3.38. The maximum absolute atomic E-state index is 12.1. The highest BCUT2D eigenvalue weighted by molar-refractivity contribution is 7.18. The largest absolute Gasteiger partial charge is 0.302 e. The quantitative estimate of drug-likeness (QED) is 0.700. The topological polar surface area (TPSA) is 34.9 Å². The van der Waals surface area contributed by atoms with Gasteiger partial charge in [0.1, 0.15) is 4.83 Å². The van der Waals surface area contributed by atoms with Crippen LogP contribution >= 0.6 is 11.3 Å². The van der Waals surface area contributed by atoms with E-state index in [1.54, 1.807) is 29.3 Å². The number of hydrogen-bond acceptors (Lipinski definition) is 3. The lowest BCUT2D eigenvalue weighted by Crippen LogP contribution is -2.18. The van der Waals surface area contributed by atoms with Crippen LogP contribution in [0.2, 0.25) is 0 Å². The van der Waals surface area contributed by atoms with Gasteiger partial charge in [0, 0.05) is 11.9 Å². The number of fused-ring (bicyclic) bond motifs is 3. The molecule has 4 heteroatoms. The lowest BCUT2D eigenvalue weighted by atomic mass is 9.89. The summed E-state index contributed by atoms with van der Waals surface area (Å²) in [5.74, 6) is 0.740. The third kappa shape index (κ3) is 1.33. The Balaban J connectivity index is 2.35. The van der Waals surface area contributed by atoms with Crippen molar-refractivity contribution in [2.45, 2.75) is 26.2 Å². The zero-order valence-electron chi connectivity index (χ0n) is 9.49. The Bertz CT molecular complexity index is 611. The molecule has 1 aliphatic carbocycles. The van der Waals surface area contributed by atoms with E-state index in [9.17, 15) is 4.79 Å². The Morgan fingerprint density at radius 2 is 2.38 bits per heavy atom. The molecule has 0 saturated heterocycles. The minimum Gasteiger partial charge on any atom is -0.302 e. The van der Waals surface area contributed by atoms with Crippen molar-refractivity contribution in [2.75, 3.05) is 0 Å². The molecule has 2 heterocycles. The number of aryl methyl sites for hydroxylation is 2. The van der Waals surface area contributed by atoms with E-state index in [1.807, 2.05) is 0 Å². The Kier molecular flexibility index (Phi) is 2.14. The molecule has 0 spiro atoms. The van der Waals surface area contributed by atoms with E-state index in [0.717, 1.165) is 29.0 Å². The summed E-state index contributed by atoms with van der Waals surface area (Å²) in [7, 11) is 1.77. The molecule has 1 atom stereocenters. The lowest BCUT2D eigenvalue weighted by molar-refractivity contribution is 0.509. The molecule has 2 aromatic heterocycles. The fourth-order valence-corrected chi connectivity index (χ4v) is 3.76. The van der Waals surface area contributed by atoms with Crippen molar-refractivity contribution in [1.29, 1.82) is 0 Å². The molecule has 0 aromatic carbocycles. The van der Waals surface area contributed by atoms with Gasteiger partial charge in [-0.05, 0) is 30.7 Å². The van der Waals surface area contributed by atoms with Crippen LogP contribution in [-0.4, -0.2) is 9.55 Å². The zero-order valence-corrected chi connectivity index (χ0v) is 10.3. The SMILES string of the molecule is C[C@@H]1CCc2c(sc3ncn(C)c(=O)c23)C1. The van der Waals surface area contributed by atoms with E-state index >= 15 is 0 Å². The standard InChI is InChI=1S/C12H14N2OS/c1-7-3-4-8-9(5-7)16-11-10(8)12(15)14(2)6-13-11/h6-7H,3-5H2,1-2H3/t7-/m1/s1. The van der Waals surface area contributed by atoms with E-state index in [2.05, 4.69) is 11.9 Å². The highest BCUT2D eigenvalue weighted by Crippen LogP contribution is 2.35. The van der Waals surface area contributed by atoms with Crippen LogP contribution in [0.5, 0.6) is 0 Å². The van der Waals surface area contributed by atoms with E-state index in [-0.39, 0.29) is 5.56 Å². The molecule has 3 nitrogen and oxygen atoms in total. The molecule has 0 radical (unpaired) electrons. The van der Waals surface area contributed by atoms with Crippen LogP contribution in [-0.2, 0) is 19.9 Å². The molecule has 0 unspecified atom stereocenters. The van der Waals surface area contributed by atoms with E-state index in [4.69, 9.17) is 0 Å². The van der Waals surface area contributed by atoms with Crippen molar-refractivity contribution in [3.8, 4) is 0 Å². The molecule has 3 rings (SSSR count). The van der Waals surface area contributed by atoms with Gasteiger partial charge in [-0.25, -0.2) is 4.98 Å². The molecule has 0 aliphatic heterocycles. The zero-order chi connectivity index (χ0) is 11.3. The van der Waals surface area contributed by atoms with Gasteiger partial charge in [-0.1, -0.05) is 6.92 Å². The predicted molar refractivity (Wildman–Crippen MR) is 66.1 cm³/mol. The fourth-order valence-electron chi connectivity index (χ4n) is 2.42. The molecule has 0 N–H and O–H groups in total. The van der Waals surface area contributed by atoms with Crippen LogP contribution in [0.4, 0.5) is 0 Å². The van der Waals surface area contributed by atoms with Crippen LogP contribution in [0.25, 0.3) is 10.2 Å². The lowest BCUT2D eigenvalue weighted by Gasteiger charge is -2.17. The summed E-state index contributed by atoms with van der Waals surface area (Å²) in [6.45, 7) is 2.28. The van der Waals surface area contributed by atoms with Crippen molar-refractivity contribution in [3.05, 3.63) is 27.1 Å². The molecule has 0 fully saturated rings. The molecular formula is C12H14N2OS. The Morgan fingerprint density at radius 1 is 1.56 bits per heavy atom. The first-order valence-corrected chi connectivity index (χ1v) is 6.44. The second kappa shape index (κ2) is 3.42. The van der Waals surface area contributed by atoms with Crippen molar-refractivity contribution in [2.24, 2.45) is 13.0 Å². The van der Waals surface area contributed by atoms with Gasteiger partial charge in [0.2, 0.25) is 0 Å². The molecule has 0 saturated carbocycles. The van der Waals surface area contributed by atoms with Crippen LogP contribution in [0, 0.1) is 5.92 Å². The van der Waals surface area contributed by atoms with E-state index < -0.39 is 0 Å². The van der Waals surface area contributed by atoms with Gasteiger partial charge in [-0.3, -0.25) is 4.79 Å². The van der Waals surface area contributed by atoms with Crippen LogP contribution in [0.3, 0.4) is 0 Å². The Morgan fingerprint density at radius 3 is 3.19 bits per heavy atom. The maximum atomic E-state index is 12.1. The van der Waals surface area contributed by atoms with Crippen molar-refractivity contribution in [1.82, 2.24) is 9.55 Å². The number of thiophene rings is 1. The van der Waals surface area contributed by atoms with E-state index in [0.29, 0.717) is 0 Å². The van der Waals surface area contributed by atoms with Gasteiger partial charge in [-0.15, -0.1) is 11.3 Å². The number of aromatic nitrogens is 2. The van der Waals surface area contributed by atoms with Crippen molar-refractivity contribution < 1.29 is 0 Å². The third-order valence-corrected chi connectivity index (χ3v) is 4.54. The van der Waals surface area contributed by atoms with E-state index in [1.165, 1.54) is 16.9 Å². The van der Waals surface area contributed by atoms with Gasteiger partial charge < -0.3 is 4.57 Å². The normalized spacial score (nSPS) is 20.0. The number of nitrogens with zero attached hydrogens (tertiary/aromatic N) is 2. The smallest absolute Gasteiger partial charge is 0.262 e. The second-order valence-electron chi connectivity index (χ2n) is 4.69. The summed E-state index contributed by atoms with van der Waals surface area (Å²) in [4.78, 5) is 18.7. The number of rotatable bonds is 0. The second-order valence-corrected chi connectivity index (χ2v) is 5.78. The first-order chi connectivity index (χ1) is 7.66. The molecule has 84 valence electrons. The molecular weight excluding hydrogens is 220 g/mol. The molecule has 16 heavy (non-hydrogen) atoms. The van der Waals surface area contributed by atoms with Gasteiger partial charge >= 0.3 is 0 Å². The molecule has 0 amide bonds. The predicted octanol–water partition coefficient (Wildman–Crippen LogP) is 2.12. The highest BCUT2D eigenvalue weighted by atomic mass is 32.1. The first kappa shape index (κ1) is 10.0. The van der Waals surface area contributed by atoms with Gasteiger partial charge in [0.05, 0.1) is 11.7 Å². The van der Waals surface area contributed by atoms with Crippen molar-refractivity contribution >= 4 is 21.6 Å². The van der Waals surface area contributed by atoms with Gasteiger partial charge in [0.15, 0.2) is 0 Å². The van der Waals surface area contributed by atoms with Crippen molar-refractivity contribution in [3.63, 3.8) is 0 Å². The minimum atomic E-state index is 0.108. The summed E-state index contributed by atoms with van der Waals surface area (Å²) in [5, 5.41) is 0.872. The van der Waals surface area contributed by atoms with Gasteiger partial charge in [0.25, 0.3) is 5.56 Å². The number of hydrogen-bond donors (Lipinski definition) is 0.